The molecule has 2 N–H and O–H groups in total. The molecule has 0 aliphatic heterocycles. The number of nitrogens with zero attached hydrogens (tertiary/aromatic N) is 1. The molecule has 0 aliphatic carbocycles. The highest BCUT2D eigenvalue weighted by atomic mass is 32.2. The van der Waals surface area contributed by atoms with Gasteiger partial charge in [0.05, 0.1) is 4.92 Å². The minimum atomic E-state index is -4.03. The first-order valence-corrected chi connectivity index (χ1v) is 6.84. The van der Waals surface area contributed by atoms with Crippen LogP contribution < -0.4 is 9.92 Å². The van der Waals surface area contributed by atoms with Gasteiger partial charge in [0.1, 0.15) is 10.6 Å². The van der Waals surface area contributed by atoms with Crippen molar-refractivity contribution in [3.05, 3.63) is 58.6 Å². The Labute approximate surface area is 114 Å². The molecule has 2 aromatic rings. The van der Waals surface area contributed by atoms with Crippen molar-refractivity contribution in [3.8, 4) is 5.75 Å². The van der Waals surface area contributed by atoms with Crippen molar-refractivity contribution in [2.45, 2.75) is 4.90 Å². The lowest BCUT2D eigenvalue weighted by Crippen LogP contribution is -2.09. The van der Waals surface area contributed by atoms with Crippen LogP contribution >= 0.6 is 0 Å². The highest BCUT2D eigenvalue weighted by Gasteiger charge is 2.18. The predicted molar refractivity (Wildman–Crippen MR) is 71.8 cm³/mol. The standard InChI is InChI=1S/C12H10N2O5S/c13-9-1-5-11(6-2-9)19-20(17,18)12-7-3-10(4-8-12)14(15)16/h1-8H,13H2. The van der Waals surface area contributed by atoms with E-state index in [4.69, 9.17) is 9.92 Å². The maximum Gasteiger partial charge on any atom is 0.339 e. The second-order valence-corrected chi connectivity index (χ2v) is 5.40. The molecule has 2 rings (SSSR count). The van der Waals surface area contributed by atoms with E-state index in [2.05, 4.69) is 0 Å². The lowest BCUT2D eigenvalue weighted by atomic mass is 10.3. The second-order valence-electron chi connectivity index (χ2n) is 3.86. The summed E-state index contributed by atoms with van der Waals surface area (Å²) in [5.74, 6) is 0.109. The Morgan fingerprint density at radius 3 is 2.05 bits per heavy atom. The minimum Gasteiger partial charge on any atom is -0.399 e. The van der Waals surface area contributed by atoms with Crippen molar-refractivity contribution in [3.63, 3.8) is 0 Å². The molecule has 104 valence electrons. The third-order valence-corrected chi connectivity index (χ3v) is 3.68. The molecule has 0 unspecified atom stereocenters. The Morgan fingerprint density at radius 2 is 1.55 bits per heavy atom. The van der Waals surface area contributed by atoms with Crippen LogP contribution in [0.1, 0.15) is 0 Å². The van der Waals surface area contributed by atoms with E-state index in [9.17, 15) is 18.5 Å². The molecule has 0 atom stereocenters. The van der Waals surface area contributed by atoms with E-state index in [-0.39, 0.29) is 16.3 Å². The summed E-state index contributed by atoms with van der Waals surface area (Å²) in [6.45, 7) is 0. The maximum atomic E-state index is 11.9. The smallest absolute Gasteiger partial charge is 0.339 e. The monoisotopic (exact) mass is 294 g/mol. The highest BCUT2D eigenvalue weighted by molar-refractivity contribution is 7.87. The number of nitrogens with two attached hydrogens (primary N) is 1. The molecule has 0 amide bonds. The zero-order chi connectivity index (χ0) is 14.8. The van der Waals surface area contributed by atoms with Crippen molar-refractivity contribution in [2.24, 2.45) is 0 Å². The van der Waals surface area contributed by atoms with Crippen molar-refractivity contribution in [2.75, 3.05) is 5.73 Å². The number of nitrogen functional groups attached to an aromatic ring is 1. The first kappa shape index (κ1) is 13.8. The summed E-state index contributed by atoms with van der Waals surface area (Å²) in [5.41, 5.74) is 5.76. The summed E-state index contributed by atoms with van der Waals surface area (Å²) in [5, 5.41) is 10.5. The molecular weight excluding hydrogens is 284 g/mol. The average molecular weight is 294 g/mol. The van der Waals surface area contributed by atoms with Crippen LogP contribution in [0.15, 0.2) is 53.4 Å². The number of non-ortho nitro benzene ring substituents is 1. The Morgan fingerprint density at radius 1 is 1.00 bits per heavy atom. The van der Waals surface area contributed by atoms with Crippen molar-refractivity contribution in [1.29, 1.82) is 0 Å². The van der Waals surface area contributed by atoms with Crippen LogP contribution in [0.25, 0.3) is 0 Å². The lowest BCUT2D eigenvalue weighted by Gasteiger charge is -2.06. The summed E-state index contributed by atoms with van der Waals surface area (Å²) in [6.07, 6.45) is 0. The zero-order valence-electron chi connectivity index (χ0n) is 10.1. The van der Waals surface area contributed by atoms with Gasteiger partial charge in [-0.05, 0) is 36.4 Å². The summed E-state index contributed by atoms with van der Waals surface area (Å²) < 4.78 is 28.8. The molecule has 0 aliphatic rings. The molecule has 0 radical (unpaired) electrons. The number of benzene rings is 2. The first-order valence-electron chi connectivity index (χ1n) is 5.43. The van der Waals surface area contributed by atoms with E-state index in [0.717, 1.165) is 24.3 Å². The zero-order valence-corrected chi connectivity index (χ0v) is 10.9. The quantitative estimate of drug-likeness (QED) is 0.399. The second kappa shape index (κ2) is 5.17. The molecule has 20 heavy (non-hydrogen) atoms. The topological polar surface area (TPSA) is 113 Å². The van der Waals surface area contributed by atoms with Gasteiger partial charge in [0.2, 0.25) is 0 Å². The van der Waals surface area contributed by atoms with E-state index in [1.54, 1.807) is 0 Å². The SMILES string of the molecule is Nc1ccc(OS(=O)(=O)c2ccc([N+](=O)[O-])cc2)cc1. The van der Waals surface area contributed by atoms with Gasteiger partial charge in [-0.15, -0.1) is 0 Å². The Balaban J connectivity index is 2.26. The fourth-order valence-electron chi connectivity index (χ4n) is 1.43. The molecule has 0 spiro atoms. The fourth-order valence-corrected chi connectivity index (χ4v) is 2.36. The molecule has 0 bridgehead atoms. The van der Waals surface area contributed by atoms with Gasteiger partial charge >= 0.3 is 10.1 Å². The molecule has 0 saturated heterocycles. The molecule has 0 aromatic heterocycles. The van der Waals surface area contributed by atoms with Crippen LogP contribution in [-0.2, 0) is 10.1 Å². The molecule has 2 aromatic carbocycles. The minimum absolute atomic E-state index is 0.109. The van der Waals surface area contributed by atoms with Gasteiger partial charge in [-0.3, -0.25) is 10.1 Å². The summed E-state index contributed by atoms with van der Waals surface area (Å²) >= 11 is 0. The third kappa shape index (κ3) is 3.04. The highest BCUT2D eigenvalue weighted by Crippen LogP contribution is 2.21. The molecule has 7 nitrogen and oxygen atoms in total. The number of rotatable bonds is 4. The maximum absolute atomic E-state index is 11.9. The van der Waals surface area contributed by atoms with Crippen LogP contribution in [0.4, 0.5) is 11.4 Å². The van der Waals surface area contributed by atoms with Crippen LogP contribution in [0, 0.1) is 10.1 Å². The number of anilines is 1. The van der Waals surface area contributed by atoms with E-state index < -0.39 is 15.0 Å². The Kier molecular flexibility index (Phi) is 3.57. The van der Waals surface area contributed by atoms with Gasteiger partial charge < -0.3 is 9.92 Å². The fraction of sp³-hybridized carbons (Fsp3) is 0. The summed E-state index contributed by atoms with van der Waals surface area (Å²) in [6, 6.07) is 10.3. The lowest BCUT2D eigenvalue weighted by molar-refractivity contribution is -0.384. The van der Waals surface area contributed by atoms with Gasteiger partial charge in [0, 0.05) is 17.8 Å². The van der Waals surface area contributed by atoms with Crippen molar-refractivity contribution in [1.82, 2.24) is 0 Å². The Bertz CT molecular complexity index is 723. The summed E-state index contributed by atoms with van der Waals surface area (Å²) in [7, 11) is -4.03. The van der Waals surface area contributed by atoms with Gasteiger partial charge in [0.15, 0.2) is 0 Å². The number of nitro groups is 1. The summed E-state index contributed by atoms with van der Waals surface area (Å²) in [4.78, 5) is 9.72. The number of hydrogen-bond donors (Lipinski definition) is 1. The van der Waals surface area contributed by atoms with Crippen molar-refractivity contribution >= 4 is 21.5 Å². The van der Waals surface area contributed by atoms with E-state index in [0.29, 0.717) is 5.69 Å². The van der Waals surface area contributed by atoms with Gasteiger partial charge in [-0.2, -0.15) is 8.42 Å². The molecular formula is C12H10N2O5S. The van der Waals surface area contributed by atoms with Crippen molar-refractivity contribution < 1.29 is 17.5 Å². The van der Waals surface area contributed by atoms with E-state index in [1.807, 2.05) is 0 Å². The largest absolute Gasteiger partial charge is 0.399 e. The third-order valence-electron chi connectivity index (χ3n) is 2.42. The van der Waals surface area contributed by atoms with E-state index in [1.165, 1.54) is 24.3 Å². The molecule has 0 fully saturated rings. The average Bonchev–Trinajstić information content (AvgIpc) is 2.41. The number of hydrogen-bond acceptors (Lipinski definition) is 6. The van der Waals surface area contributed by atoms with Crippen LogP contribution in [-0.4, -0.2) is 13.3 Å². The molecule has 0 saturated carbocycles. The molecule has 0 heterocycles. The van der Waals surface area contributed by atoms with Gasteiger partial charge in [-0.25, -0.2) is 0 Å². The van der Waals surface area contributed by atoms with Crippen LogP contribution in [0.3, 0.4) is 0 Å². The first-order chi connectivity index (χ1) is 9.38. The predicted octanol–water partition coefficient (Wildman–Crippen LogP) is 1.94. The van der Waals surface area contributed by atoms with E-state index >= 15 is 0 Å². The van der Waals surface area contributed by atoms with Gasteiger partial charge in [-0.1, -0.05) is 0 Å². The Hall–Kier alpha value is -2.61. The number of nitro benzene ring substituents is 1. The van der Waals surface area contributed by atoms with Crippen LogP contribution in [0.5, 0.6) is 5.75 Å². The van der Waals surface area contributed by atoms with Gasteiger partial charge in [0.25, 0.3) is 5.69 Å². The normalized spacial score (nSPS) is 11.0. The molecule has 8 heteroatoms. The van der Waals surface area contributed by atoms with Crippen LogP contribution in [0.2, 0.25) is 0 Å².